The number of hydrogen-bond donors (Lipinski definition) is 1. The maximum Gasteiger partial charge on any atom is 0.274 e. The first kappa shape index (κ1) is 19.3. The summed E-state index contributed by atoms with van der Waals surface area (Å²) in [6, 6.07) is 12.0. The summed E-state index contributed by atoms with van der Waals surface area (Å²) in [5.74, 6) is 1.13. The van der Waals surface area contributed by atoms with Crippen molar-refractivity contribution in [3.05, 3.63) is 81.0 Å². The van der Waals surface area contributed by atoms with E-state index in [0.29, 0.717) is 42.9 Å². The van der Waals surface area contributed by atoms with Gasteiger partial charge >= 0.3 is 0 Å². The Labute approximate surface area is 184 Å². The number of fused-ring (bicyclic) bond motifs is 4. The van der Waals surface area contributed by atoms with Crippen LogP contribution in [-0.2, 0) is 17.8 Å². The van der Waals surface area contributed by atoms with Gasteiger partial charge in [-0.2, -0.15) is 0 Å². The second-order valence-corrected chi connectivity index (χ2v) is 8.74. The lowest BCUT2D eigenvalue weighted by Gasteiger charge is -2.22. The molecule has 0 spiro atoms. The van der Waals surface area contributed by atoms with Gasteiger partial charge in [0.25, 0.3) is 11.5 Å². The third-order valence-corrected chi connectivity index (χ3v) is 6.89. The third kappa shape index (κ3) is 2.88. The van der Waals surface area contributed by atoms with Gasteiger partial charge in [0.15, 0.2) is 0 Å². The van der Waals surface area contributed by atoms with Crippen LogP contribution in [0.2, 0.25) is 0 Å². The summed E-state index contributed by atoms with van der Waals surface area (Å²) in [4.78, 5) is 35.8. The highest BCUT2D eigenvalue weighted by molar-refractivity contribution is 6.00. The van der Waals surface area contributed by atoms with Crippen molar-refractivity contribution in [3.8, 4) is 0 Å². The molecular weight excluding hydrogens is 404 g/mol. The topological polar surface area (TPSA) is 79.7 Å². The van der Waals surface area contributed by atoms with Crippen LogP contribution in [0, 0.1) is 6.92 Å². The molecule has 0 atom stereocenters. The van der Waals surface area contributed by atoms with Gasteiger partial charge in [-0.25, -0.2) is 4.98 Å². The molecule has 0 saturated carbocycles. The van der Waals surface area contributed by atoms with Gasteiger partial charge in [-0.1, -0.05) is 24.3 Å². The number of carbonyl (C=O) groups is 1. The molecule has 4 aromatic rings. The van der Waals surface area contributed by atoms with Gasteiger partial charge in [-0.05, 0) is 48.6 Å². The third-order valence-electron chi connectivity index (χ3n) is 6.89. The molecule has 162 valence electrons. The summed E-state index contributed by atoms with van der Waals surface area (Å²) in [6.07, 6.45) is 3.43. The van der Waals surface area contributed by atoms with E-state index in [0.717, 1.165) is 29.7 Å². The molecule has 2 aliphatic heterocycles. The number of benzene rings is 2. The van der Waals surface area contributed by atoms with Crippen LogP contribution >= 0.6 is 0 Å². The Morgan fingerprint density at radius 2 is 1.78 bits per heavy atom. The smallest absolute Gasteiger partial charge is 0.274 e. The Hall–Kier alpha value is -3.45. The van der Waals surface area contributed by atoms with Gasteiger partial charge in [0.2, 0.25) is 0 Å². The molecule has 2 aromatic heterocycles. The Bertz CT molecular complexity index is 1400. The minimum Gasteiger partial charge on any atom is -0.381 e. The van der Waals surface area contributed by atoms with E-state index < -0.39 is 0 Å². The van der Waals surface area contributed by atoms with Gasteiger partial charge in [-0.3, -0.25) is 14.0 Å². The van der Waals surface area contributed by atoms with Crippen LogP contribution in [-0.4, -0.2) is 38.4 Å². The molecule has 1 saturated heterocycles. The summed E-state index contributed by atoms with van der Waals surface area (Å²) in [5.41, 5.74) is 5.69. The normalized spacial score (nSPS) is 16.7. The molecule has 6 rings (SSSR count). The lowest BCUT2D eigenvalue weighted by atomic mass is 9.99. The van der Waals surface area contributed by atoms with E-state index in [4.69, 9.17) is 4.74 Å². The lowest BCUT2D eigenvalue weighted by Crippen LogP contribution is -2.26. The van der Waals surface area contributed by atoms with Crippen LogP contribution in [0.25, 0.3) is 16.6 Å². The Morgan fingerprint density at radius 3 is 2.50 bits per heavy atom. The molecule has 1 fully saturated rings. The standard InChI is InChI=1S/C25H24N4O3/c1-15-19(25(31)28-13-17-4-2-3-5-18(17)14-28)6-7-20-22(15)27-24(30)21-12-26-23(29(20)21)16-8-10-32-11-9-16/h2-7,12,16H,8-11,13-14H2,1H3,(H,27,30). The van der Waals surface area contributed by atoms with Crippen LogP contribution in [0.4, 0.5) is 0 Å². The predicted octanol–water partition coefficient (Wildman–Crippen LogP) is 3.53. The van der Waals surface area contributed by atoms with Crippen molar-refractivity contribution < 1.29 is 9.53 Å². The number of aryl methyl sites for hydroxylation is 1. The zero-order valence-electron chi connectivity index (χ0n) is 17.9. The first-order chi connectivity index (χ1) is 15.6. The monoisotopic (exact) mass is 428 g/mol. The molecule has 0 radical (unpaired) electrons. The van der Waals surface area contributed by atoms with Gasteiger partial charge in [0, 0.05) is 37.8 Å². The molecule has 32 heavy (non-hydrogen) atoms. The van der Waals surface area contributed by atoms with Crippen molar-refractivity contribution >= 4 is 22.5 Å². The van der Waals surface area contributed by atoms with Crippen molar-refractivity contribution in [2.75, 3.05) is 13.2 Å². The zero-order valence-corrected chi connectivity index (χ0v) is 17.9. The predicted molar refractivity (Wildman–Crippen MR) is 121 cm³/mol. The Balaban J connectivity index is 1.45. The number of aromatic amines is 1. The van der Waals surface area contributed by atoms with Gasteiger partial charge < -0.3 is 14.6 Å². The van der Waals surface area contributed by atoms with Crippen LogP contribution in [0.3, 0.4) is 0 Å². The fraction of sp³-hybridized carbons (Fsp3) is 0.320. The number of ether oxygens (including phenoxy) is 1. The second-order valence-electron chi connectivity index (χ2n) is 8.74. The summed E-state index contributed by atoms with van der Waals surface area (Å²) in [5, 5.41) is 0. The highest BCUT2D eigenvalue weighted by atomic mass is 16.5. The minimum absolute atomic E-state index is 0.0168. The van der Waals surface area contributed by atoms with Crippen molar-refractivity contribution in [1.82, 2.24) is 19.3 Å². The van der Waals surface area contributed by atoms with Crippen molar-refractivity contribution in [1.29, 1.82) is 0 Å². The van der Waals surface area contributed by atoms with Crippen LogP contribution < -0.4 is 5.56 Å². The molecule has 0 unspecified atom stereocenters. The zero-order chi connectivity index (χ0) is 21.8. The summed E-state index contributed by atoms with van der Waals surface area (Å²) in [6.45, 7) is 4.54. The SMILES string of the molecule is Cc1c(C(=O)N2Cc3ccccc3C2)ccc2c1[nH]c(=O)c1cnc(C3CCOCC3)n12. The first-order valence-corrected chi connectivity index (χ1v) is 11.1. The lowest BCUT2D eigenvalue weighted by molar-refractivity contribution is 0.0750. The highest BCUT2D eigenvalue weighted by Gasteiger charge is 2.27. The maximum absolute atomic E-state index is 13.4. The van der Waals surface area contributed by atoms with Crippen molar-refractivity contribution in [2.45, 2.75) is 38.8 Å². The van der Waals surface area contributed by atoms with Gasteiger partial charge in [0.1, 0.15) is 11.3 Å². The summed E-state index contributed by atoms with van der Waals surface area (Å²) >= 11 is 0. The summed E-state index contributed by atoms with van der Waals surface area (Å²) < 4.78 is 7.48. The molecule has 2 aliphatic rings. The highest BCUT2D eigenvalue weighted by Crippen LogP contribution is 2.30. The average molecular weight is 428 g/mol. The van der Waals surface area contributed by atoms with Crippen LogP contribution in [0.15, 0.2) is 47.4 Å². The maximum atomic E-state index is 13.4. The Morgan fingerprint density at radius 1 is 1.06 bits per heavy atom. The van der Waals surface area contributed by atoms with Crippen LogP contribution in [0.1, 0.15) is 51.6 Å². The van der Waals surface area contributed by atoms with E-state index in [9.17, 15) is 9.59 Å². The number of carbonyl (C=O) groups excluding carboxylic acids is 1. The van der Waals surface area contributed by atoms with Crippen molar-refractivity contribution in [3.63, 3.8) is 0 Å². The number of H-pyrrole nitrogens is 1. The number of hydrogen-bond acceptors (Lipinski definition) is 4. The molecule has 7 nitrogen and oxygen atoms in total. The van der Waals surface area contributed by atoms with E-state index >= 15 is 0 Å². The average Bonchev–Trinajstić information content (AvgIpc) is 3.45. The number of imidazole rings is 1. The minimum atomic E-state index is -0.190. The fourth-order valence-electron chi connectivity index (χ4n) is 5.12. The quantitative estimate of drug-likeness (QED) is 0.530. The van der Waals surface area contributed by atoms with Crippen molar-refractivity contribution in [2.24, 2.45) is 0 Å². The van der Waals surface area contributed by atoms with Gasteiger partial charge in [-0.15, -0.1) is 0 Å². The number of rotatable bonds is 2. The van der Waals surface area contributed by atoms with E-state index in [1.807, 2.05) is 40.5 Å². The molecule has 0 aliphatic carbocycles. The van der Waals surface area contributed by atoms with E-state index in [2.05, 4.69) is 22.1 Å². The molecule has 1 N–H and O–H groups in total. The van der Waals surface area contributed by atoms with E-state index in [-0.39, 0.29) is 17.4 Å². The molecule has 7 heteroatoms. The summed E-state index contributed by atoms with van der Waals surface area (Å²) in [7, 11) is 0. The number of nitrogens with zero attached hydrogens (tertiary/aromatic N) is 3. The van der Waals surface area contributed by atoms with Crippen LogP contribution in [0.5, 0.6) is 0 Å². The fourth-order valence-corrected chi connectivity index (χ4v) is 5.12. The van der Waals surface area contributed by atoms with E-state index in [1.54, 1.807) is 6.20 Å². The second kappa shape index (κ2) is 7.31. The number of aromatic nitrogens is 3. The van der Waals surface area contributed by atoms with Gasteiger partial charge in [0.05, 0.1) is 17.2 Å². The molecule has 4 heterocycles. The number of amides is 1. The molecule has 1 amide bonds. The largest absolute Gasteiger partial charge is 0.381 e. The first-order valence-electron chi connectivity index (χ1n) is 11.1. The molecule has 0 bridgehead atoms. The Kier molecular flexibility index (Phi) is 4.40. The number of nitrogens with one attached hydrogen (secondary N) is 1. The molecular formula is C25H24N4O3. The van der Waals surface area contributed by atoms with E-state index in [1.165, 1.54) is 11.1 Å². The molecule has 2 aromatic carbocycles.